The van der Waals surface area contributed by atoms with Gasteiger partial charge in [0.05, 0.1) is 12.1 Å². The quantitative estimate of drug-likeness (QED) is 0.627. The van der Waals surface area contributed by atoms with Crippen LogP contribution in [-0.2, 0) is 0 Å². The van der Waals surface area contributed by atoms with Crippen molar-refractivity contribution in [1.82, 2.24) is 4.98 Å². The van der Waals surface area contributed by atoms with Crippen LogP contribution in [0.3, 0.4) is 0 Å². The monoisotopic (exact) mass is 229 g/mol. The first-order valence-corrected chi connectivity index (χ1v) is 5.03. The zero-order chi connectivity index (χ0) is 12.3. The third kappa shape index (κ3) is 2.08. The molecule has 0 fully saturated rings. The molecule has 0 saturated heterocycles. The van der Waals surface area contributed by atoms with Crippen molar-refractivity contribution in [2.45, 2.75) is 0 Å². The van der Waals surface area contributed by atoms with Gasteiger partial charge in [-0.2, -0.15) is 5.11 Å². The van der Waals surface area contributed by atoms with Crippen LogP contribution in [0.15, 0.2) is 47.1 Å². The number of fused-ring (bicyclic) bond motifs is 1. The third-order valence-corrected chi connectivity index (χ3v) is 2.20. The van der Waals surface area contributed by atoms with E-state index in [2.05, 4.69) is 21.8 Å². The molecule has 0 bridgehead atoms. The molecule has 0 aliphatic heterocycles. The Bertz CT molecular complexity index is 594. The maximum Gasteiger partial charge on any atom is 0.243 e. The molecular weight excluding hydrogens is 218 g/mol. The average Bonchev–Trinajstić information content (AvgIpc) is 2.33. The maximum absolute atomic E-state index is 9.95. The highest BCUT2D eigenvalue weighted by Crippen LogP contribution is 2.39. The second-order valence-corrected chi connectivity index (χ2v) is 3.36. The first kappa shape index (κ1) is 11.1. The highest BCUT2D eigenvalue weighted by molar-refractivity contribution is 5.90. The van der Waals surface area contributed by atoms with Crippen LogP contribution in [0, 0.1) is 0 Å². The van der Waals surface area contributed by atoms with Gasteiger partial charge in [-0.05, 0) is 12.1 Å². The van der Waals surface area contributed by atoms with E-state index in [1.165, 1.54) is 0 Å². The van der Waals surface area contributed by atoms with E-state index in [0.717, 1.165) is 0 Å². The van der Waals surface area contributed by atoms with Gasteiger partial charge in [-0.3, -0.25) is 0 Å². The lowest BCUT2D eigenvalue weighted by Gasteiger charge is -2.04. The average molecular weight is 229 g/mol. The van der Waals surface area contributed by atoms with Crippen LogP contribution in [0.4, 0.5) is 5.69 Å². The smallest absolute Gasteiger partial charge is 0.243 e. The van der Waals surface area contributed by atoms with Crippen LogP contribution in [0.25, 0.3) is 10.9 Å². The normalized spacial score (nSPS) is 11.1. The van der Waals surface area contributed by atoms with E-state index >= 15 is 0 Å². The molecule has 0 saturated carbocycles. The van der Waals surface area contributed by atoms with Gasteiger partial charge >= 0.3 is 0 Å². The third-order valence-electron chi connectivity index (χ3n) is 2.20. The Labute approximate surface area is 97.8 Å². The first-order valence-electron chi connectivity index (χ1n) is 5.03. The predicted molar refractivity (Wildman–Crippen MR) is 64.7 cm³/mol. The molecular formula is C12H11N3O2. The highest BCUT2D eigenvalue weighted by atomic mass is 16.3. The second kappa shape index (κ2) is 4.61. The number of hydrogen-bond acceptors (Lipinski definition) is 5. The van der Waals surface area contributed by atoms with E-state index in [1.807, 2.05) is 0 Å². The molecule has 5 heteroatoms. The summed E-state index contributed by atoms with van der Waals surface area (Å²) in [5, 5.41) is 27.6. The van der Waals surface area contributed by atoms with Crippen LogP contribution in [0.2, 0.25) is 0 Å². The van der Waals surface area contributed by atoms with Gasteiger partial charge < -0.3 is 10.2 Å². The summed E-state index contributed by atoms with van der Waals surface area (Å²) in [5.74, 6) is -0.463. The fraction of sp³-hybridized carbons (Fsp3) is 0.0833. The number of benzene rings is 1. The minimum atomic E-state index is -0.339. The molecule has 2 rings (SSSR count). The number of pyridine rings is 1. The Kier molecular flexibility index (Phi) is 3.00. The van der Waals surface area contributed by atoms with Gasteiger partial charge in [0, 0.05) is 5.39 Å². The summed E-state index contributed by atoms with van der Waals surface area (Å²) >= 11 is 0. The van der Waals surface area contributed by atoms with Crippen LogP contribution in [0.5, 0.6) is 11.6 Å². The number of nitrogens with zero attached hydrogens (tertiary/aromatic N) is 3. The molecule has 0 spiro atoms. The second-order valence-electron chi connectivity index (χ2n) is 3.36. The summed E-state index contributed by atoms with van der Waals surface area (Å²) in [7, 11) is 0. The number of rotatable bonds is 3. The fourth-order valence-electron chi connectivity index (χ4n) is 1.43. The van der Waals surface area contributed by atoms with E-state index in [0.29, 0.717) is 17.4 Å². The number of aromatic hydroxyl groups is 2. The highest BCUT2D eigenvalue weighted by Gasteiger charge is 2.12. The van der Waals surface area contributed by atoms with Crippen molar-refractivity contribution in [1.29, 1.82) is 0 Å². The molecule has 2 aromatic rings. The van der Waals surface area contributed by atoms with E-state index in [9.17, 15) is 10.2 Å². The number of azo groups is 1. The van der Waals surface area contributed by atoms with Crippen LogP contribution in [0.1, 0.15) is 0 Å². The van der Waals surface area contributed by atoms with E-state index in [4.69, 9.17) is 0 Å². The summed E-state index contributed by atoms with van der Waals surface area (Å²) in [6.07, 6.45) is 1.56. The lowest BCUT2D eigenvalue weighted by atomic mass is 10.2. The zero-order valence-electron chi connectivity index (χ0n) is 9.04. The molecule has 5 nitrogen and oxygen atoms in total. The summed E-state index contributed by atoms with van der Waals surface area (Å²) in [5.41, 5.74) is 0.482. The van der Waals surface area contributed by atoms with Crippen molar-refractivity contribution < 1.29 is 10.2 Å². The van der Waals surface area contributed by atoms with Crippen molar-refractivity contribution in [2.24, 2.45) is 10.2 Å². The molecule has 17 heavy (non-hydrogen) atoms. The molecule has 0 aliphatic rings. The lowest BCUT2D eigenvalue weighted by molar-refractivity contribution is 0.442. The molecule has 0 atom stereocenters. The molecule has 0 radical (unpaired) electrons. The van der Waals surface area contributed by atoms with Crippen molar-refractivity contribution in [3.05, 3.63) is 36.9 Å². The summed E-state index contributed by atoms with van der Waals surface area (Å²) < 4.78 is 0. The molecule has 0 amide bonds. The van der Waals surface area contributed by atoms with E-state index in [-0.39, 0.29) is 17.3 Å². The largest absolute Gasteiger partial charge is 0.505 e. The van der Waals surface area contributed by atoms with E-state index < -0.39 is 0 Å². The minimum Gasteiger partial charge on any atom is -0.505 e. The van der Waals surface area contributed by atoms with Crippen molar-refractivity contribution in [3.8, 4) is 11.6 Å². The van der Waals surface area contributed by atoms with Gasteiger partial charge in [0.2, 0.25) is 5.88 Å². The fourth-order valence-corrected chi connectivity index (χ4v) is 1.43. The number of para-hydroxylation sites is 1. The molecule has 0 unspecified atom stereocenters. The molecule has 1 heterocycles. The first-order chi connectivity index (χ1) is 8.24. The Balaban J connectivity index is 2.59. The Morgan fingerprint density at radius 3 is 2.82 bits per heavy atom. The van der Waals surface area contributed by atoms with Crippen LogP contribution in [-0.4, -0.2) is 21.7 Å². The zero-order valence-corrected chi connectivity index (χ0v) is 9.04. The Hall–Kier alpha value is -2.43. The van der Waals surface area contributed by atoms with Crippen LogP contribution >= 0.6 is 0 Å². The van der Waals surface area contributed by atoms with Crippen molar-refractivity contribution >= 4 is 16.6 Å². The van der Waals surface area contributed by atoms with Crippen LogP contribution < -0.4 is 0 Å². The standard InChI is InChI=1S/C12H11N3O2/c1-2-7-13-15-10-11(16)8-5-3-4-6-9(8)14-12(10)17/h2-6H,1,7H2,(H2,14,16,17)/b15-13+. The van der Waals surface area contributed by atoms with Gasteiger partial charge in [-0.25, -0.2) is 4.98 Å². The topological polar surface area (TPSA) is 78.1 Å². The van der Waals surface area contributed by atoms with Gasteiger partial charge in [0.15, 0.2) is 11.4 Å². The Morgan fingerprint density at radius 2 is 2.06 bits per heavy atom. The maximum atomic E-state index is 9.95. The van der Waals surface area contributed by atoms with Gasteiger partial charge in [0.1, 0.15) is 0 Å². The van der Waals surface area contributed by atoms with E-state index in [1.54, 1.807) is 30.3 Å². The number of hydrogen-bond donors (Lipinski definition) is 2. The molecule has 1 aromatic heterocycles. The molecule has 86 valence electrons. The van der Waals surface area contributed by atoms with Gasteiger partial charge in [-0.15, -0.1) is 11.7 Å². The minimum absolute atomic E-state index is 0.0226. The lowest BCUT2D eigenvalue weighted by Crippen LogP contribution is -1.82. The van der Waals surface area contributed by atoms with Gasteiger partial charge in [0.25, 0.3) is 0 Å². The van der Waals surface area contributed by atoms with Crippen molar-refractivity contribution in [3.63, 3.8) is 0 Å². The Morgan fingerprint density at radius 1 is 1.29 bits per heavy atom. The summed E-state index contributed by atoms with van der Waals surface area (Å²) in [4.78, 5) is 3.93. The summed E-state index contributed by atoms with van der Waals surface area (Å²) in [6.45, 7) is 3.80. The summed E-state index contributed by atoms with van der Waals surface area (Å²) in [6, 6.07) is 6.93. The van der Waals surface area contributed by atoms with Crippen molar-refractivity contribution in [2.75, 3.05) is 6.54 Å². The SMILES string of the molecule is C=CC/N=N/c1c(O)nc2ccccc2c1O. The molecule has 0 aliphatic carbocycles. The number of aromatic nitrogens is 1. The molecule has 2 N–H and O–H groups in total. The van der Waals surface area contributed by atoms with Gasteiger partial charge in [-0.1, -0.05) is 18.2 Å². The molecule has 1 aromatic carbocycles. The predicted octanol–water partition coefficient (Wildman–Crippen LogP) is 2.92.